The van der Waals surface area contributed by atoms with Crippen molar-refractivity contribution in [2.45, 2.75) is 12.5 Å². The predicted molar refractivity (Wildman–Crippen MR) is 81.8 cm³/mol. The summed E-state index contributed by atoms with van der Waals surface area (Å²) in [5, 5.41) is 0. The molecule has 21 heavy (non-hydrogen) atoms. The minimum atomic E-state index is -3.02. The highest BCUT2D eigenvalue weighted by molar-refractivity contribution is 7.90. The van der Waals surface area contributed by atoms with Gasteiger partial charge in [0.2, 0.25) is 0 Å². The van der Waals surface area contributed by atoms with E-state index in [1.54, 1.807) is 13.3 Å². The molecule has 0 aliphatic rings. The molecule has 0 amide bonds. The fourth-order valence-corrected chi connectivity index (χ4v) is 2.69. The van der Waals surface area contributed by atoms with E-state index in [9.17, 15) is 8.42 Å². The van der Waals surface area contributed by atoms with Crippen molar-refractivity contribution in [3.63, 3.8) is 0 Å². The van der Waals surface area contributed by atoms with Crippen LogP contribution in [0.4, 0.5) is 0 Å². The van der Waals surface area contributed by atoms with Crippen LogP contribution in [0.3, 0.4) is 0 Å². The van der Waals surface area contributed by atoms with E-state index in [2.05, 4.69) is 9.97 Å². The van der Waals surface area contributed by atoms with Gasteiger partial charge in [0.05, 0.1) is 30.8 Å². The van der Waals surface area contributed by atoms with E-state index in [0.29, 0.717) is 12.2 Å². The molecule has 3 N–H and O–H groups in total. The predicted octanol–water partition coefficient (Wildman–Crippen LogP) is 1.52. The number of aromatic nitrogens is 2. The highest BCUT2D eigenvalue weighted by Crippen LogP contribution is 2.28. The molecule has 1 aromatic carbocycles. The molecule has 6 nitrogen and oxygen atoms in total. The van der Waals surface area contributed by atoms with Gasteiger partial charge in [-0.3, -0.25) is 0 Å². The van der Waals surface area contributed by atoms with Crippen LogP contribution in [-0.2, 0) is 9.84 Å². The zero-order valence-electron chi connectivity index (χ0n) is 12.0. The van der Waals surface area contributed by atoms with E-state index in [0.717, 1.165) is 17.0 Å². The highest BCUT2D eigenvalue weighted by atomic mass is 32.2. The van der Waals surface area contributed by atoms with E-state index >= 15 is 0 Å². The number of methoxy groups -OCH3 is 1. The quantitative estimate of drug-likeness (QED) is 0.843. The number of benzene rings is 1. The summed E-state index contributed by atoms with van der Waals surface area (Å²) < 4.78 is 27.7. The first kappa shape index (κ1) is 15.5. The number of H-pyrrole nitrogens is 1. The van der Waals surface area contributed by atoms with Crippen LogP contribution in [0.2, 0.25) is 0 Å². The molecule has 0 spiro atoms. The third-order valence-electron chi connectivity index (χ3n) is 3.14. The standard InChI is InChI=1S/C14H19N3O3S/c1-20-13-6-4-3-5-10(13)12-9-16-14(17-12)11(15)7-8-21(2,18)19/h3-6,9,11H,7-8,15H2,1-2H3,(H,16,17). The number of nitrogens with zero attached hydrogens (tertiary/aromatic N) is 1. The summed E-state index contributed by atoms with van der Waals surface area (Å²) in [4.78, 5) is 7.37. The average Bonchev–Trinajstić information content (AvgIpc) is 2.93. The fourth-order valence-electron chi connectivity index (χ4n) is 2.01. The summed E-state index contributed by atoms with van der Waals surface area (Å²) in [7, 11) is -1.42. The van der Waals surface area contributed by atoms with Crippen LogP contribution in [0, 0.1) is 0 Å². The lowest BCUT2D eigenvalue weighted by Crippen LogP contribution is -2.16. The summed E-state index contributed by atoms with van der Waals surface area (Å²) >= 11 is 0. The zero-order valence-corrected chi connectivity index (χ0v) is 12.9. The Kier molecular flexibility index (Phi) is 4.64. The second-order valence-electron chi connectivity index (χ2n) is 4.91. The van der Waals surface area contributed by atoms with Gasteiger partial charge < -0.3 is 15.5 Å². The number of sulfone groups is 1. The van der Waals surface area contributed by atoms with Crippen molar-refractivity contribution in [3.05, 3.63) is 36.3 Å². The maximum absolute atomic E-state index is 11.2. The molecular formula is C14H19N3O3S. The average molecular weight is 309 g/mol. The molecule has 2 rings (SSSR count). The number of para-hydroxylation sites is 1. The van der Waals surface area contributed by atoms with E-state index in [-0.39, 0.29) is 5.75 Å². The van der Waals surface area contributed by atoms with Crippen LogP contribution in [0.25, 0.3) is 11.3 Å². The molecule has 0 saturated heterocycles. The van der Waals surface area contributed by atoms with Crippen LogP contribution in [0.5, 0.6) is 5.75 Å². The third kappa shape index (κ3) is 4.05. The normalized spacial score (nSPS) is 13.1. The molecule has 1 unspecified atom stereocenters. The second kappa shape index (κ2) is 6.28. The fraction of sp³-hybridized carbons (Fsp3) is 0.357. The Balaban J connectivity index is 2.18. The van der Waals surface area contributed by atoms with Crippen molar-refractivity contribution >= 4 is 9.84 Å². The zero-order chi connectivity index (χ0) is 15.5. The van der Waals surface area contributed by atoms with E-state index in [1.165, 1.54) is 6.26 Å². The minimum absolute atomic E-state index is 0.0405. The molecule has 0 saturated carbocycles. The lowest BCUT2D eigenvalue weighted by Gasteiger charge is -2.08. The van der Waals surface area contributed by atoms with Crippen molar-refractivity contribution < 1.29 is 13.2 Å². The van der Waals surface area contributed by atoms with Gasteiger partial charge in [-0.25, -0.2) is 13.4 Å². The summed E-state index contributed by atoms with van der Waals surface area (Å²) in [6.45, 7) is 0. The van der Waals surface area contributed by atoms with Gasteiger partial charge >= 0.3 is 0 Å². The van der Waals surface area contributed by atoms with Crippen LogP contribution in [-0.4, -0.2) is 37.5 Å². The lowest BCUT2D eigenvalue weighted by atomic mass is 10.1. The molecule has 1 heterocycles. The van der Waals surface area contributed by atoms with Gasteiger partial charge in [0.15, 0.2) is 0 Å². The molecule has 7 heteroatoms. The Morgan fingerprint density at radius 2 is 2.10 bits per heavy atom. The van der Waals surface area contributed by atoms with Crippen LogP contribution in [0.15, 0.2) is 30.5 Å². The van der Waals surface area contributed by atoms with Crippen molar-refractivity contribution in [1.29, 1.82) is 0 Å². The summed E-state index contributed by atoms with van der Waals surface area (Å²) in [5.41, 5.74) is 7.65. The number of aromatic amines is 1. The van der Waals surface area contributed by atoms with E-state index in [1.807, 2.05) is 24.3 Å². The molecule has 0 bridgehead atoms. The molecule has 0 aliphatic carbocycles. The number of rotatable bonds is 6. The van der Waals surface area contributed by atoms with Gasteiger partial charge in [-0.15, -0.1) is 0 Å². The van der Waals surface area contributed by atoms with Crippen molar-refractivity contribution in [2.75, 3.05) is 19.1 Å². The SMILES string of the molecule is COc1ccccc1-c1cnc(C(N)CCS(C)(=O)=O)[nH]1. The van der Waals surface area contributed by atoms with Gasteiger partial charge in [-0.2, -0.15) is 0 Å². The Morgan fingerprint density at radius 3 is 2.76 bits per heavy atom. The monoisotopic (exact) mass is 309 g/mol. The molecule has 1 atom stereocenters. The van der Waals surface area contributed by atoms with E-state index < -0.39 is 15.9 Å². The summed E-state index contributed by atoms with van der Waals surface area (Å²) in [6, 6.07) is 7.12. The van der Waals surface area contributed by atoms with Gasteiger partial charge in [0, 0.05) is 11.8 Å². The molecular weight excluding hydrogens is 290 g/mol. The first-order valence-corrected chi connectivity index (χ1v) is 8.58. The lowest BCUT2D eigenvalue weighted by molar-refractivity contribution is 0.416. The highest BCUT2D eigenvalue weighted by Gasteiger charge is 2.15. The van der Waals surface area contributed by atoms with Crippen LogP contribution >= 0.6 is 0 Å². The first-order valence-electron chi connectivity index (χ1n) is 6.52. The number of imidazole rings is 1. The van der Waals surface area contributed by atoms with Crippen LogP contribution in [0.1, 0.15) is 18.3 Å². The number of hydrogen-bond acceptors (Lipinski definition) is 5. The smallest absolute Gasteiger partial charge is 0.147 e. The Morgan fingerprint density at radius 1 is 1.38 bits per heavy atom. The first-order chi connectivity index (χ1) is 9.90. The molecule has 2 aromatic rings. The van der Waals surface area contributed by atoms with Crippen molar-refractivity contribution in [1.82, 2.24) is 9.97 Å². The van der Waals surface area contributed by atoms with Gasteiger partial charge in [0.1, 0.15) is 21.4 Å². The number of ether oxygens (including phenoxy) is 1. The Hall–Kier alpha value is -1.86. The largest absolute Gasteiger partial charge is 0.496 e. The van der Waals surface area contributed by atoms with E-state index in [4.69, 9.17) is 10.5 Å². The maximum Gasteiger partial charge on any atom is 0.147 e. The van der Waals surface area contributed by atoms with Crippen molar-refractivity contribution in [3.8, 4) is 17.0 Å². The third-order valence-corrected chi connectivity index (χ3v) is 4.12. The second-order valence-corrected chi connectivity index (χ2v) is 7.17. The maximum atomic E-state index is 11.2. The topological polar surface area (TPSA) is 98.1 Å². The number of nitrogens with two attached hydrogens (primary N) is 1. The molecule has 1 aromatic heterocycles. The number of hydrogen-bond donors (Lipinski definition) is 2. The number of nitrogens with one attached hydrogen (secondary N) is 1. The molecule has 0 aliphatic heterocycles. The van der Waals surface area contributed by atoms with Crippen molar-refractivity contribution in [2.24, 2.45) is 5.73 Å². The van der Waals surface area contributed by atoms with Gasteiger partial charge in [-0.1, -0.05) is 12.1 Å². The summed E-state index contributed by atoms with van der Waals surface area (Å²) in [6.07, 6.45) is 3.20. The van der Waals surface area contributed by atoms with Gasteiger partial charge in [0.25, 0.3) is 0 Å². The Bertz CT molecular complexity index is 710. The van der Waals surface area contributed by atoms with Crippen LogP contribution < -0.4 is 10.5 Å². The molecule has 114 valence electrons. The molecule has 0 radical (unpaired) electrons. The Labute approximate surface area is 124 Å². The minimum Gasteiger partial charge on any atom is -0.496 e. The molecule has 0 fully saturated rings. The summed E-state index contributed by atoms with van der Waals surface area (Å²) in [5.74, 6) is 1.34. The van der Waals surface area contributed by atoms with Gasteiger partial charge in [-0.05, 0) is 18.6 Å².